The second-order valence-corrected chi connectivity index (χ2v) is 5.66. The molecule has 0 aliphatic rings. The molecule has 0 spiro atoms. The second-order valence-electron chi connectivity index (χ2n) is 4.81. The number of hydrogen-bond donors (Lipinski definition) is 1. The number of fused-ring (bicyclic) bond motifs is 1. The predicted molar refractivity (Wildman–Crippen MR) is 83.8 cm³/mol. The van der Waals surface area contributed by atoms with Gasteiger partial charge in [-0.2, -0.15) is 5.10 Å². The Hall–Kier alpha value is -1.79. The highest BCUT2D eigenvalue weighted by Gasteiger charge is 2.19. The third-order valence-electron chi connectivity index (χ3n) is 3.34. The summed E-state index contributed by atoms with van der Waals surface area (Å²) in [4.78, 5) is 8.52. The molecule has 1 unspecified atom stereocenters. The number of aromatic nitrogens is 4. The van der Waals surface area contributed by atoms with Crippen LogP contribution in [-0.4, -0.2) is 24.9 Å². The maximum atomic E-state index is 10.7. The molecule has 0 saturated heterocycles. The molecule has 0 amide bonds. The molecule has 1 aromatic carbocycles. The fourth-order valence-corrected chi connectivity index (χ4v) is 2.86. The molecule has 1 atom stereocenters. The number of halogens is 1. The van der Waals surface area contributed by atoms with Crippen LogP contribution in [0.15, 0.2) is 41.3 Å². The Balaban J connectivity index is 2.03. The number of hydrogen-bond acceptors (Lipinski definition) is 4. The molecule has 0 aliphatic carbocycles. The lowest BCUT2D eigenvalue weighted by Crippen LogP contribution is -2.10. The van der Waals surface area contributed by atoms with Gasteiger partial charge in [-0.05, 0) is 40.0 Å². The highest BCUT2D eigenvalue weighted by Crippen LogP contribution is 2.29. The van der Waals surface area contributed by atoms with Crippen molar-refractivity contribution < 1.29 is 5.11 Å². The molecule has 0 aliphatic heterocycles. The predicted octanol–water partition coefficient (Wildman–Crippen LogP) is 3.08. The summed E-state index contributed by atoms with van der Waals surface area (Å²) >= 11 is 3.46. The van der Waals surface area contributed by atoms with Crippen molar-refractivity contribution in [1.82, 2.24) is 19.7 Å². The van der Waals surface area contributed by atoms with Gasteiger partial charge in [-0.1, -0.05) is 13.0 Å². The van der Waals surface area contributed by atoms with Crippen molar-refractivity contribution in [2.45, 2.75) is 26.0 Å². The third-order valence-corrected chi connectivity index (χ3v) is 3.95. The Morgan fingerprint density at radius 1 is 1.24 bits per heavy atom. The first-order valence-electron chi connectivity index (χ1n) is 6.80. The van der Waals surface area contributed by atoms with Crippen molar-refractivity contribution in [3.8, 4) is 0 Å². The molecular weight excluding hydrogens is 332 g/mol. The van der Waals surface area contributed by atoms with E-state index in [2.05, 4.69) is 37.9 Å². The van der Waals surface area contributed by atoms with Gasteiger partial charge in [0.25, 0.3) is 0 Å². The summed E-state index contributed by atoms with van der Waals surface area (Å²) in [6.07, 6.45) is 5.23. The minimum Gasteiger partial charge on any atom is -0.382 e. The van der Waals surface area contributed by atoms with Gasteiger partial charge in [0.05, 0.1) is 27.4 Å². The average molecular weight is 347 g/mol. The van der Waals surface area contributed by atoms with Crippen LogP contribution in [-0.2, 0) is 6.54 Å². The molecule has 108 valence electrons. The Kier molecular flexibility index (Phi) is 3.98. The Bertz CT molecular complexity index is 771. The van der Waals surface area contributed by atoms with Crippen LogP contribution in [0, 0.1) is 0 Å². The van der Waals surface area contributed by atoms with E-state index in [0.717, 1.165) is 39.7 Å². The molecule has 3 rings (SSSR count). The molecule has 2 aromatic heterocycles. The quantitative estimate of drug-likeness (QED) is 0.788. The molecule has 0 bridgehead atoms. The lowest BCUT2D eigenvalue weighted by Gasteiger charge is -2.14. The SMILES string of the molecule is CCCn1ncc(Br)c1C(O)c1ccc2nccnc2c1. The molecule has 5 nitrogen and oxygen atoms in total. The second kappa shape index (κ2) is 5.91. The van der Waals surface area contributed by atoms with E-state index in [1.165, 1.54) is 0 Å². The minimum absolute atomic E-state index is 0.750. The van der Waals surface area contributed by atoms with Gasteiger partial charge in [0.15, 0.2) is 0 Å². The zero-order valence-corrected chi connectivity index (χ0v) is 13.2. The van der Waals surface area contributed by atoms with E-state index in [-0.39, 0.29) is 0 Å². The lowest BCUT2D eigenvalue weighted by molar-refractivity contribution is 0.206. The van der Waals surface area contributed by atoms with E-state index in [9.17, 15) is 5.11 Å². The molecule has 0 fully saturated rings. The van der Waals surface area contributed by atoms with Crippen LogP contribution >= 0.6 is 15.9 Å². The van der Waals surface area contributed by atoms with Crippen molar-refractivity contribution in [2.75, 3.05) is 0 Å². The van der Waals surface area contributed by atoms with Crippen LogP contribution in [0.1, 0.15) is 30.7 Å². The van der Waals surface area contributed by atoms with Crippen LogP contribution in [0.4, 0.5) is 0 Å². The summed E-state index contributed by atoms with van der Waals surface area (Å²) in [6, 6.07) is 5.61. The average Bonchev–Trinajstić information content (AvgIpc) is 2.87. The number of aryl methyl sites for hydroxylation is 1. The number of aliphatic hydroxyl groups is 1. The first-order chi connectivity index (χ1) is 10.2. The number of nitrogens with zero attached hydrogens (tertiary/aromatic N) is 4. The molecule has 21 heavy (non-hydrogen) atoms. The number of benzene rings is 1. The smallest absolute Gasteiger partial charge is 0.122 e. The van der Waals surface area contributed by atoms with Gasteiger partial charge in [-0.25, -0.2) is 0 Å². The summed E-state index contributed by atoms with van der Waals surface area (Å²) in [5, 5.41) is 15.0. The first-order valence-corrected chi connectivity index (χ1v) is 7.60. The van der Waals surface area contributed by atoms with Crippen LogP contribution in [0.3, 0.4) is 0 Å². The van der Waals surface area contributed by atoms with Gasteiger partial charge in [0.1, 0.15) is 6.10 Å². The van der Waals surface area contributed by atoms with Crippen molar-refractivity contribution in [3.63, 3.8) is 0 Å². The Labute approximate surface area is 130 Å². The summed E-state index contributed by atoms with van der Waals surface area (Å²) in [5.74, 6) is 0. The standard InChI is InChI=1S/C15H15BrN4O/c1-2-7-20-14(11(16)9-19-20)15(21)10-3-4-12-13(8-10)18-6-5-17-12/h3-6,8-9,15,21H,2,7H2,1H3. The zero-order chi connectivity index (χ0) is 14.8. The van der Waals surface area contributed by atoms with Gasteiger partial charge in [0, 0.05) is 18.9 Å². The van der Waals surface area contributed by atoms with Gasteiger partial charge < -0.3 is 5.11 Å². The summed E-state index contributed by atoms with van der Waals surface area (Å²) in [5.41, 5.74) is 3.13. The van der Waals surface area contributed by atoms with Crippen molar-refractivity contribution >= 4 is 27.0 Å². The van der Waals surface area contributed by atoms with E-state index >= 15 is 0 Å². The van der Waals surface area contributed by atoms with E-state index in [1.54, 1.807) is 18.6 Å². The Morgan fingerprint density at radius 2 is 2.00 bits per heavy atom. The van der Waals surface area contributed by atoms with E-state index < -0.39 is 6.10 Å². The van der Waals surface area contributed by atoms with Gasteiger partial charge in [-0.3, -0.25) is 14.6 Å². The largest absolute Gasteiger partial charge is 0.382 e. The monoisotopic (exact) mass is 346 g/mol. The van der Waals surface area contributed by atoms with Gasteiger partial charge in [0.2, 0.25) is 0 Å². The number of aliphatic hydroxyl groups excluding tert-OH is 1. The van der Waals surface area contributed by atoms with E-state index in [1.807, 2.05) is 22.9 Å². The van der Waals surface area contributed by atoms with Crippen molar-refractivity contribution in [1.29, 1.82) is 0 Å². The minimum atomic E-state index is -0.750. The fourth-order valence-electron chi connectivity index (χ4n) is 2.34. The molecule has 2 heterocycles. The van der Waals surface area contributed by atoms with E-state index in [4.69, 9.17) is 0 Å². The topological polar surface area (TPSA) is 63.8 Å². The highest BCUT2D eigenvalue weighted by molar-refractivity contribution is 9.10. The molecule has 1 N–H and O–H groups in total. The summed E-state index contributed by atoms with van der Waals surface area (Å²) in [7, 11) is 0. The van der Waals surface area contributed by atoms with Crippen molar-refractivity contribution in [2.24, 2.45) is 0 Å². The van der Waals surface area contributed by atoms with Crippen LogP contribution in [0.2, 0.25) is 0 Å². The molecule has 0 radical (unpaired) electrons. The normalized spacial score (nSPS) is 12.7. The van der Waals surface area contributed by atoms with Crippen LogP contribution in [0.5, 0.6) is 0 Å². The molecule has 0 saturated carbocycles. The molecule has 3 aromatic rings. The number of rotatable bonds is 4. The lowest BCUT2D eigenvalue weighted by atomic mass is 10.1. The summed E-state index contributed by atoms with van der Waals surface area (Å²) in [6.45, 7) is 2.85. The highest BCUT2D eigenvalue weighted by atomic mass is 79.9. The third kappa shape index (κ3) is 2.69. The fraction of sp³-hybridized carbons (Fsp3) is 0.267. The molecule has 6 heteroatoms. The van der Waals surface area contributed by atoms with Crippen molar-refractivity contribution in [3.05, 3.63) is 52.5 Å². The van der Waals surface area contributed by atoms with E-state index in [0.29, 0.717) is 0 Å². The zero-order valence-electron chi connectivity index (χ0n) is 11.6. The van der Waals surface area contributed by atoms with Gasteiger partial charge in [-0.15, -0.1) is 0 Å². The van der Waals surface area contributed by atoms with Crippen LogP contribution < -0.4 is 0 Å². The maximum Gasteiger partial charge on any atom is 0.122 e. The van der Waals surface area contributed by atoms with Gasteiger partial charge >= 0.3 is 0 Å². The maximum absolute atomic E-state index is 10.7. The van der Waals surface area contributed by atoms with Crippen LogP contribution in [0.25, 0.3) is 11.0 Å². The first kappa shape index (κ1) is 14.2. The molecular formula is C15H15BrN4O. The Morgan fingerprint density at radius 3 is 2.76 bits per heavy atom. The summed E-state index contributed by atoms with van der Waals surface area (Å²) < 4.78 is 2.64.